The van der Waals surface area contributed by atoms with Gasteiger partial charge in [0.25, 0.3) is 0 Å². The smallest absolute Gasteiger partial charge is 0.233 e. The Kier molecular flexibility index (Phi) is 5.99. The van der Waals surface area contributed by atoms with Crippen molar-refractivity contribution in [2.45, 2.75) is 18.6 Å². The van der Waals surface area contributed by atoms with Gasteiger partial charge in [-0.1, -0.05) is 60.3 Å². The Hall–Kier alpha value is -3.32. The van der Waals surface area contributed by atoms with Crippen LogP contribution < -0.4 is 0 Å². The first kappa shape index (κ1) is 20.0. The van der Waals surface area contributed by atoms with Crippen molar-refractivity contribution in [2.75, 3.05) is 12.8 Å². The van der Waals surface area contributed by atoms with E-state index in [1.54, 1.807) is 11.9 Å². The molecular weight excluding hydrogens is 396 g/mol. The van der Waals surface area contributed by atoms with Crippen LogP contribution in [0.1, 0.15) is 11.5 Å². The number of para-hydroxylation sites is 1. The summed E-state index contributed by atoms with van der Waals surface area (Å²) in [5, 5.41) is 9.46. The number of thioether (sulfide) groups is 1. The van der Waals surface area contributed by atoms with Gasteiger partial charge in [0, 0.05) is 18.3 Å². The molecule has 30 heavy (non-hydrogen) atoms. The van der Waals surface area contributed by atoms with Gasteiger partial charge >= 0.3 is 0 Å². The van der Waals surface area contributed by atoms with Gasteiger partial charge in [0.2, 0.25) is 5.91 Å². The molecule has 0 aliphatic rings. The van der Waals surface area contributed by atoms with Gasteiger partial charge in [0.1, 0.15) is 11.5 Å². The van der Waals surface area contributed by atoms with E-state index < -0.39 is 0 Å². The fourth-order valence-corrected chi connectivity index (χ4v) is 3.97. The van der Waals surface area contributed by atoms with E-state index in [0.717, 1.165) is 28.6 Å². The molecule has 0 fully saturated rings. The minimum absolute atomic E-state index is 0.00192. The monoisotopic (exact) mass is 418 g/mol. The highest BCUT2D eigenvalue weighted by Crippen LogP contribution is 2.28. The van der Waals surface area contributed by atoms with Crippen molar-refractivity contribution in [3.63, 3.8) is 0 Å². The zero-order valence-corrected chi connectivity index (χ0v) is 17.7. The van der Waals surface area contributed by atoms with E-state index in [1.165, 1.54) is 11.8 Å². The number of hydrogen-bond acceptors (Lipinski definition) is 5. The number of amides is 1. The lowest BCUT2D eigenvalue weighted by Crippen LogP contribution is -2.27. The van der Waals surface area contributed by atoms with Crippen LogP contribution in [0, 0.1) is 6.92 Å². The third kappa shape index (κ3) is 4.46. The molecule has 4 rings (SSSR count). The molecule has 6 nitrogen and oxygen atoms in total. The summed E-state index contributed by atoms with van der Waals surface area (Å²) in [6.45, 7) is 2.33. The molecule has 0 N–H and O–H groups in total. The lowest BCUT2D eigenvalue weighted by molar-refractivity contribution is -0.127. The van der Waals surface area contributed by atoms with Gasteiger partial charge in [-0.2, -0.15) is 0 Å². The first-order valence-electron chi connectivity index (χ1n) is 9.60. The van der Waals surface area contributed by atoms with Crippen LogP contribution >= 0.6 is 11.8 Å². The van der Waals surface area contributed by atoms with Gasteiger partial charge in [0.05, 0.1) is 12.3 Å². The Labute approximate surface area is 179 Å². The second-order valence-corrected chi connectivity index (χ2v) is 7.84. The third-order valence-corrected chi connectivity index (χ3v) is 5.53. The van der Waals surface area contributed by atoms with E-state index in [9.17, 15) is 4.79 Å². The molecule has 0 aliphatic carbocycles. The molecule has 4 aromatic rings. The van der Waals surface area contributed by atoms with Crippen molar-refractivity contribution >= 4 is 17.7 Å². The molecule has 0 saturated carbocycles. The predicted octanol–water partition coefficient (Wildman–Crippen LogP) is 4.59. The van der Waals surface area contributed by atoms with Crippen LogP contribution in [0.3, 0.4) is 0 Å². The number of aromatic nitrogens is 3. The zero-order chi connectivity index (χ0) is 20.9. The van der Waals surface area contributed by atoms with Gasteiger partial charge in [0.15, 0.2) is 11.0 Å². The average molecular weight is 419 g/mol. The number of nitrogens with zero attached hydrogens (tertiary/aromatic N) is 4. The SMILES string of the molecule is Cc1ccc(CN(C)C(=O)CSc2nnc(-c3ccccc3)n2-c2ccccc2)o1. The van der Waals surface area contributed by atoms with Gasteiger partial charge in [-0.3, -0.25) is 9.36 Å². The molecule has 2 aromatic heterocycles. The lowest BCUT2D eigenvalue weighted by atomic mass is 10.2. The van der Waals surface area contributed by atoms with Gasteiger partial charge in [-0.05, 0) is 31.2 Å². The predicted molar refractivity (Wildman–Crippen MR) is 117 cm³/mol. The molecule has 0 bridgehead atoms. The zero-order valence-electron chi connectivity index (χ0n) is 16.9. The van der Waals surface area contributed by atoms with Gasteiger partial charge < -0.3 is 9.32 Å². The van der Waals surface area contributed by atoms with Crippen molar-refractivity contribution < 1.29 is 9.21 Å². The number of furan rings is 1. The summed E-state index contributed by atoms with van der Waals surface area (Å²) in [5.74, 6) is 2.61. The Morgan fingerprint density at radius 1 is 1.00 bits per heavy atom. The largest absolute Gasteiger partial charge is 0.464 e. The van der Waals surface area contributed by atoms with Crippen molar-refractivity contribution in [2.24, 2.45) is 0 Å². The summed E-state index contributed by atoms with van der Waals surface area (Å²) in [6.07, 6.45) is 0. The standard InChI is InChI=1S/C23H22N4O2S/c1-17-13-14-20(29-17)15-26(2)21(28)16-30-23-25-24-22(18-9-5-3-6-10-18)27(23)19-11-7-4-8-12-19/h3-14H,15-16H2,1-2H3. The van der Waals surface area contributed by atoms with Crippen LogP contribution in [0.5, 0.6) is 0 Å². The maximum absolute atomic E-state index is 12.7. The fourth-order valence-electron chi connectivity index (χ4n) is 3.08. The summed E-state index contributed by atoms with van der Waals surface area (Å²) >= 11 is 1.38. The van der Waals surface area contributed by atoms with E-state index in [4.69, 9.17) is 4.42 Å². The quantitative estimate of drug-likeness (QED) is 0.411. The third-order valence-electron chi connectivity index (χ3n) is 4.62. The summed E-state index contributed by atoms with van der Waals surface area (Å²) in [4.78, 5) is 14.3. The fraction of sp³-hybridized carbons (Fsp3) is 0.174. The number of benzene rings is 2. The molecule has 2 heterocycles. The maximum Gasteiger partial charge on any atom is 0.233 e. The minimum Gasteiger partial charge on any atom is -0.464 e. The van der Waals surface area contributed by atoms with E-state index in [-0.39, 0.29) is 11.7 Å². The van der Waals surface area contributed by atoms with E-state index >= 15 is 0 Å². The minimum atomic E-state index is -0.00192. The molecule has 0 radical (unpaired) electrons. The van der Waals surface area contributed by atoms with E-state index in [2.05, 4.69) is 10.2 Å². The lowest BCUT2D eigenvalue weighted by Gasteiger charge is -2.15. The van der Waals surface area contributed by atoms with Gasteiger partial charge in [-0.25, -0.2) is 0 Å². The highest BCUT2D eigenvalue weighted by molar-refractivity contribution is 7.99. The van der Waals surface area contributed by atoms with Crippen LogP contribution in [-0.4, -0.2) is 38.4 Å². The molecule has 2 aromatic carbocycles. The molecule has 152 valence electrons. The van der Waals surface area contributed by atoms with E-state index in [0.29, 0.717) is 11.7 Å². The molecule has 0 aliphatic heterocycles. The first-order chi connectivity index (χ1) is 14.6. The molecule has 7 heteroatoms. The van der Waals surface area contributed by atoms with Crippen LogP contribution in [0.2, 0.25) is 0 Å². The number of hydrogen-bond donors (Lipinski definition) is 0. The highest BCUT2D eigenvalue weighted by atomic mass is 32.2. The highest BCUT2D eigenvalue weighted by Gasteiger charge is 2.18. The molecular formula is C23H22N4O2S. The number of carbonyl (C=O) groups excluding carboxylic acids is 1. The van der Waals surface area contributed by atoms with Gasteiger partial charge in [-0.15, -0.1) is 10.2 Å². The normalized spacial score (nSPS) is 10.9. The second-order valence-electron chi connectivity index (χ2n) is 6.89. The summed E-state index contributed by atoms with van der Waals surface area (Å²) in [6, 6.07) is 23.6. The van der Waals surface area contributed by atoms with Crippen LogP contribution in [-0.2, 0) is 11.3 Å². The maximum atomic E-state index is 12.7. The van der Waals surface area contributed by atoms with Crippen LogP contribution in [0.15, 0.2) is 82.4 Å². The molecule has 0 atom stereocenters. The van der Waals surface area contributed by atoms with Crippen LogP contribution in [0.25, 0.3) is 17.1 Å². The summed E-state index contributed by atoms with van der Waals surface area (Å²) < 4.78 is 7.56. The van der Waals surface area contributed by atoms with Crippen molar-refractivity contribution in [1.29, 1.82) is 0 Å². The molecule has 0 saturated heterocycles. The molecule has 0 unspecified atom stereocenters. The van der Waals surface area contributed by atoms with E-state index in [1.807, 2.05) is 84.3 Å². The van der Waals surface area contributed by atoms with Crippen LogP contribution in [0.4, 0.5) is 0 Å². The van der Waals surface area contributed by atoms with Crippen molar-refractivity contribution in [1.82, 2.24) is 19.7 Å². The first-order valence-corrected chi connectivity index (χ1v) is 10.6. The average Bonchev–Trinajstić information content (AvgIpc) is 3.39. The Bertz CT molecular complexity index is 1120. The Morgan fingerprint density at radius 2 is 1.70 bits per heavy atom. The summed E-state index contributed by atoms with van der Waals surface area (Å²) in [5.41, 5.74) is 1.92. The molecule has 0 spiro atoms. The summed E-state index contributed by atoms with van der Waals surface area (Å²) in [7, 11) is 1.78. The number of aryl methyl sites for hydroxylation is 1. The number of carbonyl (C=O) groups is 1. The second kappa shape index (κ2) is 9.00. The topological polar surface area (TPSA) is 64.2 Å². The molecule has 1 amide bonds. The number of rotatable bonds is 7. The Balaban J connectivity index is 1.54. The van der Waals surface area contributed by atoms with Crippen molar-refractivity contribution in [3.05, 3.63) is 84.3 Å². The van der Waals surface area contributed by atoms with Crippen molar-refractivity contribution in [3.8, 4) is 17.1 Å². The Morgan fingerprint density at radius 3 is 2.37 bits per heavy atom.